The maximum absolute atomic E-state index is 6.14. The van der Waals surface area contributed by atoms with E-state index in [0.717, 1.165) is 31.9 Å². The molecule has 1 aliphatic heterocycles. The number of hydrogen-bond acceptors (Lipinski definition) is 4. The van der Waals surface area contributed by atoms with Crippen LogP contribution in [0.1, 0.15) is 25.0 Å². The number of benzene rings is 1. The van der Waals surface area contributed by atoms with Gasteiger partial charge in [-0.2, -0.15) is 0 Å². The van der Waals surface area contributed by atoms with Crippen molar-refractivity contribution in [2.45, 2.75) is 25.6 Å². The molecule has 1 aromatic rings. The highest BCUT2D eigenvalue weighted by Gasteiger charge is 2.22. The highest BCUT2D eigenvalue weighted by molar-refractivity contribution is 5.28. The lowest BCUT2D eigenvalue weighted by Crippen LogP contribution is -2.27. The minimum Gasteiger partial charge on any atom is -0.497 e. The maximum Gasteiger partial charge on any atom is 0.118 e. The van der Waals surface area contributed by atoms with Gasteiger partial charge in [-0.05, 0) is 30.7 Å². The van der Waals surface area contributed by atoms with E-state index in [4.69, 9.17) is 14.2 Å². The largest absolute Gasteiger partial charge is 0.497 e. The van der Waals surface area contributed by atoms with Crippen molar-refractivity contribution in [2.24, 2.45) is 0 Å². The van der Waals surface area contributed by atoms with E-state index in [2.05, 4.69) is 24.4 Å². The molecule has 2 rings (SSSR count). The van der Waals surface area contributed by atoms with Crippen LogP contribution in [0.5, 0.6) is 5.75 Å². The summed E-state index contributed by atoms with van der Waals surface area (Å²) in [5, 5.41) is 3.35. The van der Waals surface area contributed by atoms with Crippen LogP contribution in [0.25, 0.3) is 0 Å². The molecule has 0 spiro atoms. The summed E-state index contributed by atoms with van der Waals surface area (Å²) in [7, 11) is 1.68. The zero-order valence-electron chi connectivity index (χ0n) is 11.7. The van der Waals surface area contributed by atoms with Gasteiger partial charge in [0.05, 0.1) is 25.9 Å². The molecule has 0 amide bonds. The molecule has 0 aliphatic carbocycles. The summed E-state index contributed by atoms with van der Waals surface area (Å²) in [5.41, 5.74) is 1.17. The smallest absolute Gasteiger partial charge is 0.118 e. The van der Waals surface area contributed by atoms with E-state index in [1.165, 1.54) is 5.56 Å². The lowest BCUT2D eigenvalue weighted by molar-refractivity contribution is -0.0162. The predicted octanol–water partition coefficient (Wildman–Crippen LogP) is 2.15. The first-order chi connectivity index (χ1) is 9.33. The lowest BCUT2D eigenvalue weighted by Gasteiger charge is -2.22. The Kier molecular flexibility index (Phi) is 5.63. The van der Waals surface area contributed by atoms with Crippen LogP contribution in [0.2, 0.25) is 0 Å². The molecule has 1 fully saturated rings. The van der Waals surface area contributed by atoms with Gasteiger partial charge < -0.3 is 19.5 Å². The number of hydrogen-bond donors (Lipinski definition) is 1. The highest BCUT2D eigenvalue weighted by atomic mass is 16.6. The Labute approximate surface area is 115 Å². The molecule has 0 aromatic heterocycles. The molecule has 1 aliphatic rings. The normalized spacial score (nSPS) is 20.4. The third-order valence-corrected chi connectivity index (χ3v) is 3.31. The van der Waals surface area contributed by atoms with Crippen LogP contribution in [-0.4, -0.2) is 39.5 Å². The number of likely N-dealkylation sites (N-methyl/N-ethyl adjacent to an activating group) is 1. The Morgan fingerprint density at radius 1 is 1.37 bits per heavy atom. The minimum absolute atomic E-state index is 0.0672. The number of nitrogens with one attached hydrogen (secondary N) is 1. The van der Waals surface area contributed by atoms with Crippen molar-refractivity contribution >= 4 is 0 Å². The number of methoxy groups -OCH3 is 1. The van der Waals surface area contributed by atoms with Gasteiger partial charge in [-0.25, -0.2) is 0 Å². The molecule has 0 saturated carbocycles. The minimum atomic E-state index is 0.0672. The molecule has 2 atom stereocenters. The van der Waals surface area contributed by atoms with Gasteiger partial charge in [0.1, 0.15) is 5.75 Å². The molecule has 4 nitrogen and oxygen atoms in total. The van der Waals surface area contributed by atoms with Crippen molar-refractivity contribution in [1.29, 1.82) is 0 Å². The molecule has 4 heteroatoms. The molecule has 1 N–H and O–H groups in total. The van der Waals surface area contributed by atoms with Crippen LogP contribution in [-0.2, 0) is 9.47 Å². The van der Waals surface area contributed by atoms with E-state index in [1.807, 2.05) is 12.1 Å². The van der Waals surface area contributed by atoms with Gasteiger partial charge in [-0.15, -0.1) is 0 Å². The Morgan fingerprint density at radius 2 is 2.16 bits per heavy atom. The highest BCUT2D eigenvalue weighted by Crippen LogP contribution is 2.24. The van der Waals surface area contributed by atoms with Crippen LogP contribution in [0.15, 0.2) is 24.3 Å². The zero-order valence-corrected chi connectivity index (χ0v) is 11.7. The summed E-state index contributed by atoms with van der Waals surface area (Å²) in [6.07, 6.45) is 1.27. The fourth-order valence-electron chi connectivity index (χ4n) is 2.19. The second-order valence-electron chi connectivity index (χ2n) is 4.69. The first kappa shape index (κ1) is 14.3. The van der Waals surface area contributed by atoms with Gasteiger partial charge in [0.2, 0.25) is 0 Å². The Morgan fingerprint density at radius 3 is 2.74 bits per heavy atom. The summed E-state index contributed by atoms with van der Waals surface area (Å²) in [4.78, 5) is 0. The third kappa shape index (κ3) is 4.20. The molecule has 106 valence electrons. The summed E-state index contributed by atoms with van der Waals surface area (Å²) >= 11 is 0. The van der Waals surface area contributed by atoms with Gasteiger partial charge in [0, 0.05) is 13.2 Å². The van der Waals surface area contributed by atoms with Crippen molar-refractivity contribution < 1.29 is 14.2 Å². The monoisotopic (exact) mass is 265 g/mol. The summed E-state index contributed by atoms with van der Waals surface area (Å²) in [6, 6.07) is 8.08. The van der Waals surface area contributed by atoms with E-state index in [9.17, 15) is 0 Å². The molecule has 2 unspecified atom stereocenters. The predicted molar refractivity (Wildman–Crippen MR) is 74.6 cm³/mol. The SMILES string of the molecule is CCNCC(OC1CCOC1)c1ccc(OC)cc1. The number of ether oxygens (including phenoxy) is 3. The van der Waals surface area contributed by atoms with Crippen LogP contribution in [0, 0.1) is 0 Å². The summed E-state index contributed by atoms with van der Waals surface area (Å²) in [6.45, 7) is 5.38. The van der Waals surface area contributed by atoms with Gasteiger partial charge in [-0.1, -0.05) is 19.1 Å². The van der Waals surface area contributed by atoms with E-state index in [0.29, 0.717) is 6.61 Å². The third-order valence-electron chi connectivity index (χ3n) is 3.31. The zero-order chi connectivity index (χ0) is 13.5. The lowest BCUT2D eigenvalue weighted by atomic mass is 10.1. The standard InChI is InChI=1S/C15H23NO3/c1-3-16-10-15(19-14-8-9-18-11-14)12-4-6-13(17-2)7-5-12/h4-7,14-16H,3,8-11H2,1-2H3. The van der Waals surface area contributed by atoms with Crippen molar-refractivity contribution in [3.63, 3.8) is 0 Å². The van der Waals surface area contributed by atoms with Gasteiger partial charge in [0.15, 0.2) is 0 Å². The van der Waals surface area contributed by atoms with Crippen LogP contribution in [0.4, 0.5) is 0 Å². The van der Waals surface area contributed by atoms with Crippen LogP contribution >= 0.6 is 0 Å². The fraction of sp³-hybridized carbons (Fsp3) is 0.600. The van der Waals surface area contributed by atoms with E-state index >= 15 is 0 Å². The van der Waals surface area contributed by atoms with Crippen molar-refractivity contribution in [3.8, 4) is 5.75 Å². The Bertz CT molecular complexity index is 360. The molecule has 1 aromatic carbocycles. The average Bonchev–Trinajstić information content (AvgIpc) is 2.96. The summed E-state index contributed by atoms with van der Waals surface area (Å²) < 4.78 is 16.7. The van der Waals surface area contributed by atoms with Gasteiger partial charge in [0.25, 0.3) is 0 Å². The second kappa shape index (κ2) is 7.48. The van der Waals surface area contributed by atoms with E-state index in [-0.39, 0.29) is 12.2 Å². The van der Waals surface area contributed by atoms with Crippen molar-refractivity contribution in [3.05, 3.63) is 29.8 Å². The second-order valence-corrected chi connectivity index (χ2v) is 4.69. The van der Waals surface area contributed by atoms with Gasteiger partial charge in [-0.3, -0.25) is 0 Å². The first-order valence-electron chi connectivity index (χ1n) is 6.91. The van der Waals surface area contributed by atoms with Crippen molar-refractivity contribution in [2.75, 3.05) is 33.4 Å². The van der Waals surface area contributed by atoms with E-state index < -0.39 is 0 Å². The number of rotatable bonds is 7. The molecule has 0 radical (unpaired) electrons. The first-order valence-corrected chi connectivity index (χ1v) is 6.91. The molecular formula is C15H23NO3. The van der Waals surface area contributed by atoms with Crippen LogP contribution < -0.4 is 10.1 Å². The fourth-order valence-corrected chi connectivity index (χ4v) is 2.19. The maximum atomic E-state index is 6.14. The molecule has 19 heavy (non-hydrogen) atoms. The van der Waals surface area contributed by atoms with E-state index in [1.54, 1.807) is 7.11 Å². The quantitative estimate of drug-likeness (QED) is 0.820. The van der Waals surface area contributed by atoms with Gasteiger partial charge >= 0.3 is 0 Å². The Balaban J connectivity index is 2.01. The van der Waals surface area contributed by atoms with Crippen molar-refractivity contribution in [1.82, 2.24) is 5.32 Å². The van der Waals surface area contributed by atoms with Crippen LogP contribution in [0.3, 0.4) is 0 Å². The Hall–Kier alpha value is -1.10. The molecule has 0 bridgehead atoms. The molecular weight excluding hydrogens is 242 g/mol. The average molecular weight is 265 g/mol. The molecule has 1 saturated heterocycles. The molecule has 1 heterocycles. The summed E-state index contributed by atoms with van der Waals surface area (Å²) in [5.74, 6) is 0.871. The topological polar surface area (TPSA) is 39.7 Å².